The zero-order valence-corrected chi connectivity index (χ0v) is 29.2. The Hall–Kier alpha value is -3.28. The molecule has 262 valence electrons. The summed E-state index contributed by atoms with van der Waals surface area (Å²) in [5, 5.41) is 30.0. The number of benzene rings is 2. The van der Waals surface area contributed by atoms with Crippen molar-refractivity contribution in [1.29, 1.82) is 0 Å². The number of nitrogens with one attached hydrogen (secondary N) is 3. The van der Waals surface area contributed by atoms with Crippen LogP contribution in [0.4, 0.5) is 0 Å². The highest BCUT2D eigenvalue weighted by Crippen LogP contribution is 2.36. The standard InChI is InChI=1S/C37H52N4O6S/c1-37(2,3)48(46,47)22-28(19-27-14-9-13-25-12-7-8-15-30(25)27)35(44)41-32(20-29-21-38-23-39-29)36(45)40-31(18-24-10-5-4-6-11-24)34(43)33(42)26-16-17-26/h7-9,12-15,21,23-24,26,28,31-34,42-43H,4-6,10-11,16-20,22H2,1-3H3,(H,38,39)(H,40,45)(H,41,44)/t28-,31-,32-,33-,34+/m0/s1. The lowest BCUT2D eigenvalue weighted by Gasteiger charge is -2.33. The van der Waals surface area contributed by atoms with Gasteiger partial charge in [-0.2, -0.15) is 0 Å². The van der Waals surface area contributed by atoms with Crippen LogP contribution in [-0.2, 0) is 32.3 Å². The maximum Gasteiger partial charge on any atom is 0.243 e. The highest BCUT2D eigenvalue weighted by molar-refractivity contribution is 7.92. The molecule has 0 bridgehead atoms. The Balaban J connectivity index is 1.41. The summed E-state index contributed by atoms with van der Waals surface area (Å²) >= 11 is 0. The summed E-state index contributed by atoms with van der Waals surface area (Å²) in [6, 6.07) is 11.8. The lowest BCUT2D eigenvalue weighted by molar-refractivity contribution is -0.132. The minimum Gasteiger partial charge on any atom is -0.390 e. The number of H-pyrrole nitrogens is 1. The number of carbonyl (C=O) groups is 2. The number of aromatic amines is 1. The Morgan fingerprint density at radius 2 is 1.65 bits per heavy atom. The number of aromatic nitrogens is 2. The smallest absolute Gasteiger partial charge is 0.243 e. The van der Waals surface area contributed by atoms with E-state index in [9.17, 15) is 28.2 Å². The van der Waals surface area contributed by atoms with Crippen molar-refractivity contribution >= 4 is 32.4 Å². The molecule has 5 rings (SSSR count). The molecule has 5 N–H and O–H groups in total. The maximum absolute atomic E-state index is 14.2. The normalized spacial score (nSPS) is 19.3. The minimum absolute atomic E-state index is 0.0193. The summed E-state index contributed by atoms with van der Waals surface area (Å²) in [6.45, 7) is 4.87. The summed E-state index contributed by atoms with van der Waals surface area (Å²) in [5.41, 5.74) is 1.46. The number of aliphatic hydroxyl groups excluding tert-OH is 2. The Morgan fingerprint density at radius 3 is 2.31 bits per heavy atom. The predicted octanol–water partition coefficient (Wildman–Crippen LogP) is 4.25. The van der Waals surface area contributed by atoms with E-state index in [0.717, 1.165) is 54.9 Å². The molecule has 2 aliphatic rings. The first-order valence-corrected chi connectivity index (χ1v) is 19.1. The fraction of sp³-hybridized carbons (Fsp3) is 0.595. The van der Waals surface area contributed by atoms with Gasteiger partial charge < -0.3 is 25.8 Å². The Kier molecular flexibility index (Phi) is 11.6. The Labute approximate surface area is 284 Å². The van der Waals surface area contributed by atoms with Gasteiger partial charge in [0.05, 0.1) is 34.9 Å². The van der Waals surface area contributed by atoms with Gasteiger partial charge in [0.2, 0.25) is 11.8 Å². The van der Waals surface area contributed by atoms with Gasteiger partial charge in [-0.25, -0.2) is 13.4 Å². The third kappa shape index (κ3) is 9.24. The molecule has 2 aliphatic carbocycles. The van der Waals surface area contributed by atoms with Gasteiger partial charge in [-0.3, -0.25) is 9.59 Å². The Bertz CT molecular complexity index is 1620. The van der Waals surface area contributed by atoms with Gasteiger partial charge in [-0.1, -0.05) is 74.6 Å². The van der Waals surface area contributed by atoms with E-state index in [-0.39, 0.29) is 24.5 Å². The van der Waals surface area contributed by atoms with Crippen LogP contribution >= 0.6 is 0 Å². The maximum atomic E-state index is 14.2. The minimum atomic E-state index is -3.72. The average Bonchev–Trinajstić information content (AvgIpc) is 3.78. The zero-order valence-electron chi connectivity index (χ0n) is 28.4. The van der Waals surface area contributed by atoms with E-state index in [4.69, 9.17) is 0 Å². The Morgan fingerprint density at radius 1 is 0.938 bits per heavy atom. The van der Waals surface area contributed by atoms with Crippen molar-refractivity contribution in [1.82, 2.24) is 20.6 Å². The number of nitrogens with zero attached hydrogens (tertiary/aromatic N) is 1. The van der Waals surface area contributed by atoms with Crippen molar-refractivity contribution < 1.29 is 28.2 Å². The van der Waals surface area contributed by atoms with Crippen LogP contribution in [0.15, 0.2) is 55.0 Å². The van der Waals surface area contributed by atoms with Gasteiger partial charge in [-0.05, 0) is 74.6 Å². The zero-order chi connectivity index (χ0) is 34.5. The molecule has 1 heterocycles. The first-order chi connectivity index (χ1) is 22.8. The second-order valence-corrected chi connectivity index (χ2v) is 17.7. The van der Waals surface area contributed by atoms with Crippen LogP contribution in [0.1, 0.15) is 83.4 Å². The quantitative estimate of drug-likeness (QED) is 0.160. The number of aliphatic hydroxyl groups is 2. The number of imidazole rings is 1. The van der Waals surface area contributed by atoms with E-state index in [1.54, 1.807) is 27.0 Å². The highest BCUT2D eigenvalue weighted by Gasteiger charge is 2.41. The summed E-state index contributed by atoms with van der Waals surface area (Å²) in [4.78, 5) is 35.4. The third-order valence-electron chi connectivity index (χ3n) is 10.2. The van der Waals surface area contributed by atoms with Crippen LogP contribution < -0.4 is 10.6 Å². The molecule has 1 aromatic heterocycles. The van der Waals surface area contributed by atoms with Crippen LogP contribution in [0, 0.1) is 17.8 Å². The summed E-state index contributed by atoms with van der Waals surface area (Å²) in [5.74, 6) is -2.07. The molecule has 11 heteroatoms. The molecular formula is C37H52N4O6S. The number of rotatable bonds is 15. The molecule has 0 unspecified atom stereocenters. The number of carbonyl (C=O) groups excluding carboxylic acids is 2. The SMILES string of the molecule is CC(C)(C)S(=O)(=O)C[C@H](Cc1cccc2ccccc12)C(=O)N[C@@H](Cc1cnc[nH]1)C(=O)N[C@@H](CC1CCCCC1)[C@@H](O)[C@@H](O)C1CC1. The van der Waals surface area contributed by atoms with E-state index in [1.165, 1.54) is 12.7 Å². The predicted molar refractivity (Wildman–Crippen MR) is 187 cm³/mol. The molecule has 3 aromatic rings. The highest BCUT2D eigenvalue weighted by atomic mass is 32.2. The van der Waals surface area contributed by atoms with Crippen molar-refractivity contribution in [2.45, 2.75) is 114 Å². The largest absolute Gasteiger partial charge is 0.390 e. The third-order valence-corrected chi connectivity index (χ3v) is 12.9. The summed E-state index contributed by atoms with van der Waals surface area (Å²) in [7, 11) is -3.72. The van der Waals surface area contributed by atoms with Gasteiger partial charge in [0.15, 0.2) is 9.84 Å². The molecule has 0 aliphatic heterocycles. The van der Waals surface area contributed by atoms with Gasteiger partial charge in [0.25, 0.3) is 0 Å². The van der Waals surface area contributed by atoms with Crippen LogP contribution in [-0.4, -0.2) is 75.2 Å². The van der Waals surface area contributed by atoms with Crippen molar-refractivity contribution in [3.05, 3.63) is 66.2 Å². The molecule has 2 amide bonds. The van der Waals surface area contributed by atoms with E-state index < -0.39 is 56.6 Å². The van der Waals surface area contributed by atoms with E-state index in [0.29, 0.717) is 18.0 Å². The van der Waals surface area contributed by atoms with Crippen LogP contribution in [0.2, 0.25) is 0 Å². The molecule has 0 radical (unpaired) electrons. The van der Waals surface area contributed by atoms with Gasteiger partial charge in [0.1, 0.15) is 12.1 Å². The number of fused-ring (bicyclic) bond motifs is 1. The number of hydrogen-bond acceptors (Lipinski definition) is 7. The monoisotopic (exact) mass is 680 g/mol. The fourth-order valence-corrected chi connectivity index (χ4v) is 8.20. The number of hydrogen-bond donors (Lipinski definition) is 5. The number of sulfone groups is 1. The molecule has 48 heavy (non-hydrogen) atoms. The molecular weight excluding hydrogens is 628 g/mol. The van der Waals surface area contributed by atoms with E-state index in [1.807, 2.05) is 42.5 Å². The number of amides is 2. The first-order valence-electron chi connectivity index (χ1n) is 17.5. The lowest BCUT2D eigenvalue weighted by Crippen LogP contribution is -2.57. The van der Waals surface area contributed by atoms with Gasteiger partial charge in [-0.15, -0.1) is 0 Å². The van der Waals surface area contributed by atoms with Crippen LogP contribution in [0.3, 0.4) is 0 Å². The molecule has 0 spiro atoms. The lowest BCUT2D eigenvalue weighted by atomic mass is 9.82. The van der Waals surface area contributed by atoms with Crippen molar-refractivity contribution in [2.75, 3.05) is 5.75 Å². The molecule has 5 atom stereocenters. The van der Waals surface area contributed by atoms with Gasteiger partial charge in [0, 0.05) is 18.3 Å². The molecule has 0 saturated heterocycles. The molecule has 2 fully saturated rings. The van der Waals surface area contributed by atoms with Crippen molar-refractivity contribution in [3.63, 3.8) is 0 Å². The fourth-order valence-electron chi connectivity index (χ4n) is 6.90. The first kappa shape index (κ1) is 36.0. The molecule has 2 aromatic carbocycles. The van der Waals surface area contributed by atoms with Gasteiger partial charge >= 0.3 is 0 Å². The second-order valence-electron chi connectivity index (χ2n) is 14.9. The molecule has 10 nitrogen and oxygen atoms in total. The van der Waals surface area contributed by atoms with Crippen molar-refractivity contribution in [3.8, 4) is 0 Å². The average molecular weight is 681 g/mol. The van der Waals surface area contributed by atoms with E-state index in [2.05, 4.69) is 20.6 Å². The molecule has 2 saturated carbocycles. The topological polar surface area (TPSA) is 161 Å². The second kappa shape index (κ2) is 15.5. The van der Waals surface area contributed by atoms with Crippen LogP contribution in [0.5, 0.6) is 0 Å². The summed E-state index contributed by atoms with van der Waals surface area (Å²) in [6.07, 6.45) is 8.85. The van der Waals surface area contributed by atoms with Crippen LogP contribution in [0.25, 0.3) is 10.8 Å². The van der Waals surface area contributed by atoms with E-state index >= 15 is 0 Å². The van der Waals surface area contributed by atoms with Crippen molar-refractivity contribution in [2.24, 2.45) is 17.8 Å². The summed E-state index contributed by atoms with van der Waals surface area (Å²) < 4.78 is 25.9.